The number of hydrogen-bond acceptors (Lipinski definition) is 4. The van der Waals surface area contributed by atoms with Gasteiger partial charge >= 0.3 is 5.97 Å². The maximum atomic E-state index is 11.2. The van der Waals surface area contributed by atoms with E-state index in [2.05, 4.69) is 22.1 Å². The van der Waals surface area contributed by atoms with E-state index < -0.39 is 5.97 Å². The van der Waals surface area contributed by atoms with Crippen molar-refractivity contribution >= 4 is 11.8 Å². The third-order valence-corrected chi connectivity index (χ3v) is 4.07. The first kappa shape index (κ1) is 15.8. The van der Waals surface area contributed by atoms with Crippen LogP contribution >= 0.6 is 0 Å². The lowest BCUT2D eigenvalue weighted by molar-refractivity contribution is 0.0696. The fraction of sp³-hybridized carbons (Fsp3) is 0.625. The molecule has 2 N–H and O–H groups in total. The van der Waals surface area contributed by atoms with Crippen LogP contribution in [0.15, 0.2) is 12.1 Å². The van der Waals surface area contributed by atoms with E-state index in [1.165, 1.54) is 6.42 Å². The normalized spacial score (nSPS) is 19.1. The molecule has 1 aliphatic heterocycles. The van der Waals surface area contributed by atoms with Crippen LogP contribution in [-0.4, -0.2) is 47.1 Å². The smallest absolute Gasteiger partial charge is 0.335 e. The van der Waals surface area contributed by atoms with Crippen LogP contribution in [0.25, 0.3) is 0 Å². The van der Waals surface area contributed by atoms with Crippen molar-refractivity contribution in [2.75, 3.05) is 31.5 Å². The number of hydrogen-bond donors (Lipinski definition) is 2. The summed E-state index contributed by atoms with van der Waals surface area (Å²) in [4.78, 5) is 18.2. The Morgan fingerprint density at radius 2 is 2.29 bits per heavy atom. The van der Waals surface area contributed by atoms with Crippen molar-refractivity contribution in [1.82, 2.24) is 9.88 Å². The molecular formula is C16H25N3O2. The molecule has 1 unspecified atom stereocenters. The number of pyridine rings is 1. The predicted octanol–water partition coefficient (Wildman–Crippen LogP) is 2.66. The highest BCUT2D eigenvalue weighted by Gasteiger charge is 2.21. The van der Waals surface area contributed by atoms with E-state index in [0.717, 1.165) is 31.9 Å². The molecular weight excluding hydrogens is 266 g/mol. The molecule has 21 heavy (non-hydrogen) atoms. The number of carboxylic acid groups (broad SMARTS) is 1. The van der Waals surface area contributed by atoms with E-state index in [0.29, 0.717) is 17.3 Å². The molecule has 1 atom stereocenters. The minimum absolute atomic E-state index is 0.215. The Kier molecular flexibility index (Phi) is 5.17. The molecule has 1 aliphatic rings. The number of nitrogens with one attached hydrogen (secondary N) is 1. The Balaban J connectivity index is 2.03. The van der Waals surface area contributed by atoms with Crippen LogP contribution in [-0.2, 0) is 0 Å². The van der Waals surface area contributed by atoms with Gasteiger partial charge in [-0.15, -0.1) is 0 Å². The summed E-state index contributed by atoms with van der Waals surface area (Å²) in [5.74, 6) is 0.601. The van der Waals surface area contributed by atoms with E-state index in [9.17, 15) is 9.90 Å². The molecule has 2 heterocycles. The van der Waals surface area contributed by atoms with Gasteiger partial charge in [-0.1, -0.05) is 20.8 Å². The summed E-state index contributed by atoms with van der Waals surface area (Å²) in [6.45, 7) is 10.4. The monoisotopic (exact) mass is 291 g/mol. The van der Waals surface area contributed by atoms with Gasteiger partial charge < -0.3 is 15.3 Å². The molecule has 0 spiro atoms. The van der Waals surface area contributed by atoms with Gasteiger partial charge in [-0.3, -0.25) is 0 Å². The first-order valence-electron chi connectivity index (χ1n) is 7.71. The van der Waals surface area contributed by atoms with Gasteiger partial charge in [0.05, 0.1) is 5.56 Å². The average molecular weight is 291 g/mol. The first-order valence-corrected chi connectivity index (χ1v) is 7.71. The Morgan fingerprint density at radius 3 is 2.86 bits per heavy atom. The van der Waals surface area contributed by atoms with Gasteiger partial charge in [-0.2, -0.15) is 0 Å². The van der Waals surface area contributed by atoms with Crippen LogP contribution in [0, 0.1) is 5.92 Å². The molecule has 5 heteroatoms. The minimum Gasteiger partial charge on any atom is -0.478 e. The number of aromatic nitrogens is 1. The van der Waals surface area contributed by atoms with Crippen molar-refractivity contribution in [3.63, 3.8) is 0 Å². The molecule has 2 rings (SSSR count). The maximum absolute atomic E-state index is 11.2. The van der Waals surface area contributed by atoms with E-state index in [4.69, 9.17) is 0 Å². The fourth-order valence-electron chi connectivity index (χ4n) is 2.68. The third-order valence-electron chi connectivity index (χ3n) is 4.07. The van der Waals surface area contributed by atoms with E-state index in [1.807, 2.05) is 13.8 Å². The summed E-state index contributed by atoms with van der Waals surface area (Å²) < 4.78 is 0. The zero-order chi connectivity index (χ0) is 15.4. The lowest BCUT2D eigenvalue weighted by Gasteiger charge is -2.15. The molecule has 0 aliphatic carbocycles. The Labute approximate surface area is 126 Å². The Hall–Kier alpha value is -1.62. The molecule has 1 aromatic rings. The van der Waals surface area contributed by atoms with E-state index in [1.54, 1.807) is 12.1 Å². The number of aromatic carboxylic acids is 1. The summed E-state index contributed by atoms with van der Waals surface area (Å²) in [5.41, 5.74) is 1.12. The number of carbonyl (C=O) groups is 1. The van der Waals surface area contributed by atoms with Crippen LogP contribution in [0.3, 0.4) is 0 Å². The molecule has 0 bridgehead atoms. The molecule has 0 saturated carbocycles. The second-order valence-electron chi connectivity index (χ2n) is 6.05. The molecule has 1 fully saturated rings. The summed E-state index contributed by atoms with van der Waals surface area (Å²) in [5, 5.41) is 12.5. The van der Waals surface area contributed by atoms with Crippen LogP contribution < -0.4 is 5.32 Å². The van der Waals surface area contributed by atoms with Crippen LogP contribution in [0.5, 0.6) is 0 Å². The van der Waals surface area contributed by atoms with Gasteiger partial charge in [-0.25, -0.2) is 9.78 Å². The van der Waals surface area contributed by atoms with Crippen LogP contribution in [0.4, 0.5) is 5.82 Å². The average Bonchev–Trinajstić information content (AvgIpc) is 2.92. The summed E-state index contributed by atoms with van der Waals surface area (Å²) >= 11 is 0. The highest BCUT2D eigenvalue weighted by atomic mass is 16.4. The third kappa shape index (κ3) is 4.17. The summed E-state index contributed by atoms with van der Waals surface area (Å²) in [6, 6.07) is 3.29. The quantitative estimate of drug-likeness (QED) is 0.843. The SMILES string of the molecule is CCN1CCC(CNc2cc(C(=O)O)cc(C(C)C)n2)C1. The van der Waals surface area contributed by atoms with Crippen molar-refractivity contribution < 1.29 is 9.90 Å². The standard InChI is InChI=1S/C16H25N3O2/c1-4-19-6-5-12(10-19)9-17-15-8-13(16(20)21)7-14(18-15)11(2)3/h7-8,11-12H,4-6,9-10H2,1-3H3,(H,17,18)(H,20,21). The molecule has 1 aromatic heterocycles. The second-order valence-corrected chi connectivity index (χ2v) is 6.05. The van der Waals surface area contributed by atoms with E-state index >= 15 is 0 Å². The van der Waals surface area contributed by atoms with Crippen molar-refractivity contribution in [2.45, 2.75) is 33.1 Å². The molecule has 1 saturated heterocycles. The predicted molar refractivity (Wildman–Crippen MR) is 84.0 cm³/mol. The summed E-state index contributed by atoms with van der Waals surface area (Å²) in [6.07, 6.45) is 1.19. The zero-order valence-corrected chi connectivity index (χ0v) is 13.1. The number of likely N-dealkylation sites (tertiary alicyclic amines) is 1. The first-order chi connectivity index (χ1) is 9.99. The second kappa shape index (κ2) is 6.89. The summed E-state index contributed by atoms with van der Waals surface area (Å²) in [7, 11) is 0. The topological polar surface area (TPSA) is 65.5 Å². The number of rotatable bonds is 6. The Bertz CT molecular complexity index is 502. The highest BCUT2D eigenvalue weighted by molar-refractivity contribution is 5.88. The lowest BCUT2D eigenvalue weighted by Crippen LogP contribution is -2.22. The van der Waals surface area contributed by atoms with Crippen molar-refractivity contribution in [1.29, 1.82) is 0 Å². The molecule has 116 valence electrons. The van der Waals surface area contributed by atoms with Crippen molar-refractivity contribution in [3.05, 3.63) is 23.4 Å². The fourth-order valence-corrected chi connectivity index (χ4v) is 2.68. The van der Waals surface area contributed by atoms with Gasteiger partial charge in [0.1, 0.15) is 5.82 Å². The Morgan fingerprint density at radius 1 is 1.52 bits per heavy atom. The largest absolute Gasteiger partial charge is 0.478 e. The van der Waals surface area contributed by atoms with Gasteiger partial charge in [0, 0.05) is 18.8 Å². The lowest BCUT2D eigenvalue weighted by atomic mass is 10.1. The molecule has 0 aromatic carbocycles. The van der Waals surface area contributed by atoms with Crippen molar-refractivity contribution in [2.24, 2.45) is 5.92 Å². The zero-order valence-electron chi connectivity index (χ0n) is 13.1. The number of nitrogens with zero attached hydrogens (tertiary/aromatic N) is 2. The van der Waals surface area contributed by atoms with Gasteiger partial charge in [-0.05, 0) is 43.5 Å². The van der Waals surface area contributed by atoms with Gasteiger partial charge in [0.15, 0.2) is 0 Å². The van der Waals surface area contributed by atoms with Gasteiger partial charge in [0.25, 0.3) is 0 Å². The van der Waals surface area contributed by atoms with Crippen molar-refractivity contribution in [3.8, 4) is 0 Å². The molecule has 0 radical (unpaired) electrons. The molecule has 5 nitrogen and oxygen atoms in total. The highest BCUT2D eigenvalue weighted by Crippen LogP contribution is 2.20. The number of carboxylic acids is 1. The van der Waals surface area contributed by atoms with E-state index in [-0.39, 0.29) is 5.92 Å². The van der Waals surface area contributed by atoms with Gasteiger partial charge in [0.2, 0.25) is 0 Å². The number of anilines is 1. The molecule has 0 amide bonds. The minimum atomic E-state index is -0.902. The maximum Gasteiger partial charge on any atom is 0.335 e. The van der Waals surface area contributed by atoms with Crippen LogP contribution in [0.1, 0.15) is 49.2 Å². The van der Waals surface area contributed by atoms with Crippen LogP contribution in [0.2, 0.25) is 0 Å².